The fourth-order valence-corrected chi connectivity index (χ4v) is 9.64. The van der Waals surface area contributed by atoms with Crippen LogP contribution >= 0.6 is 30.4 Å². The molecular weight excluding hydrogens is 799 g/mol. The average molecular weight is 836 g/mol. The highest BCUT2D eigenvalue weighted by molar-refractivity contribution is 7.70. The lowest BCUT2D eigenvalue weighted by Gasteiger charge is -2.18. The van der Waals surface area contributed by atoms with E-state index in [2.05, 4.69) is 9.05 Å². The number of hydrogen-bond donors (Lipinski definition) is 10. The van der Waals surface area contributed by atoms with Crippen molar-refractivity contribution in [3.8, 4) is 0 Å². The summed E-state index contributed by atoms with van der Waals surface area (Å²) >= 11 is 0. The van der Waals surface area contributed by atoms with Crippen LogP contribution < -0.4 is 22.5 Å². The van der Waals surface area contributed by atoms with Crippen molar-refractivity contribution in [1.82, 2.24) is 18.7 Å². The highest BCUT2D eigenvalue weighted by Crippen LogP contribution is 2.56. The van der Waals surface area contributed by atoms with Gasteiger partial charge in [0, 0.05) is 31.6 Å². The fraction of sp³-hybridized carbons (Fsp3) is 0.636. The Labute approximate surface area is 289 Å². The highest BCUT2D eigenvalue weighted by Gasteiger charge is 2.47. The number of H-pyrrole nitrogens is 1. The molecule has 0 aromatic carbocycles. The monoisotopic (exact) mass is 836 g/mol. The zero-order valence-electron chi connectivity index (χ0n) is 25.7. The van der Waals surface area contributed by atoms with E-state index in [0.29, 0.717) is 4.57 Å². The Morgan fingerprint density at radius 2 is 1.21 bits per heavy atom. The van der Waals surface area contributed by atoms with E-state index >= 15 is 0 Å². The molecule has 2 aliphatic rings. The third-order valence-electron chi connectivity index (χ3n) is 6.85. The minimum absolute atomic E-state index is 0. The summed E-state index contributed by atoms with van der Waals surface area (Å²) in [7, 11) is -17.9. The van der Waals surface area contributed by atoms with Crippen molar-refractivity contribution in [2.45, 2.75) is 56.6 Å². The number of nitrogens with zero attached hydrogens (tertiary/aromatic N) is 3. The number of nitrogens with one attached hydrogen (secondary N) is 1. The summed E-state index contributed by atoms with van der Waals surface area (Å²) in [6.45, 7) is -1.63. The third-order valence-corrected chi connectivity index (χ3v) is 13.8. The standard InChI is InChI=1S/C11H18N2O11P2.C10H15FN2O10P2.CH4/c1-12-7(14)2-3-13(11(12)17)10-9(16)8(15)6(24-10)4-23-26(21,22)5-25(18,19)20;11-7-8(15)5(3-22-25(20,21)4-24(17,18)19)23-9(7)13-2-1-6(14)12-10(13)16;/h2-3,6,8-10,15-16H,4-5H2,1H3,(H,21,22)(H2,18,19,20);1-2,5,7-9,15H,3-4H2,(H,20,21)(H,12,14,16)(H2,17,18,19);1H4/t6-,8?,9+,10-;5-,7+,8?,9-;/m11./s1. The van der Waals surface area contributed by atoms with Crippen LogP contribution in [0.4, 0.5) is 4.39 Å². The largest absolute Gasteiger partial charge is 0.387 e. The molecule has 10 N–H and O–H groups in total. The van der Waals surface area contributed by atoms with Crippen LogP contribution in [0, 0.1) is 0 Å². The van der Waals surface area contributed by atoms with Crippen LogP contribution in [0.2, 0.25) is 0 Å². The number of ether oxygens (including phenoxy) is 2. The van der Waals surface area contributed by atoms with E-state index in [1.54, 1.807) is 0 Å². The summed E-state index contributed by atoms with van der Waals surface area (Å²) in [5.74, 6) is -2.88. The molecule has 25 nitrogen and oxygen atoms in total. The maximum atomic E-state index is 14.2. The van der Waals surface area contributed by atoms with Gasteiger partial charge in [-0.3, -0.25) is 46.5 Å². The molecule has 4 unspecified atom stereocenters. The molecule has 0 spiro atoms. The Balaban J connectivity index is 0.000000354. The minimum Gasteiger partial charge on any atom is -0.387 e. The molecule has 10 atom stereocenters. The first-order valence-corrected chi connectivity index (χ1v) is 20.9. The van der Waals surface area contributed by atoms with Gasteiger partial charge >= 0.3 is 41.8 Å². The average Bonchev–Trinajstić information content (AvgIpc) is 3.41. The van der Waals surface area contributed by atoms with Gasteiger partial charge in [-0.25, -0.2) is 14.0 Å². The maximum absolute atomic E-state index is 14.2. The van der Waals surface area contributed by atoms with E-state index in [1.807, 2.05) is 4.98 Å². The van der Waals surface area contributed by atoms with Crippen molar-refractivity contribution in [2.75, 3.05) is 25.0 Å². The Hall–Kier alpha value is -2.31. The van der Waals surface area contributed by atoms with Gasteiger partial charge < -0.3 is 63.2 Å². The van der Waals surface area contributed by atoms with Crippen molar-refractivity contribution >= 4 is 30.4 Å². The first-order valence-electron chi connectivity index (χ1n) is 13.8. The normalized spacial score (nSPS) is 28.6. The molecule has 2 aliphatic heterocycles. The Bertz CT molecular complexity index is 1990. The molecule has 30 heteroatoms. The zero-order valence-corrected chi connectivity index (χ0v) is 29.3. The van der Waals surface area contributed by atoms with Crippen molar-refractivity contribution in [3.05, 3.63) is 66.2 Å². The van der Waals surface area contributed by atoms with E-state index in [4.69, 9.17) is 29.0 Å². The number of alkyl halides is 1. The fourth-order valence-electron chi connectivity index (χ4n) is 4.50. The molecule has 0 bridgehead atoms. The summed E-state index contributed by atoms with van der Waals surface area (Å²) in [5, 5.41) is 29.8. The molecule has 4 rings (SSSR count). The van der Waals surface area contributed by atoms with Gasteiger partial charge in [-0.05, 0) is 0 Å². The second-order valence-electron chi connectivity index (χ2n) is 10.9. The van der Waals surface area contributed by atoms with Crippen LogP contribution in [-0.2, 0) is 43.8 Å². The first-order chi connectivity index (χ1) is 23.2. The zero-order chi connectivity index (χ0) is 38.9. The van der Waals surface area contributed by atoms with Crippen LogP contribution in [-0.4, -0.2) is 125 Å². The summed E-state index contributed by atoms with van der Waals surface area (Å²) in [6, 6.07) is 1.96. The van der Waals surface area contributed by atoms with Crippen LogP contribution in [0.25, 0.3) is 0 Å². The summed E-state index contributed by atoms with van der Waals surface area (Å²) < 4.78 is 80.4. The van der Waals surface area contributed by atoms with Crippen LogP contribution in [0.1, 0.15) is 19.9 Å². The molecule has 298 valence electrons. The van der Waals surface area contributed by atoms with Crippen molar-refractivity contribution in [1.29, 1.82) is 0 Å². The smallest absolute Gasteiger partial charge is 0.340 e. The third kappa shape index (κ3) is 12.4. The van der Waals surface area contributed by atoms with Gasteiger partial charge in [-0.2, -0.15) is 0 Å². The minimum atomic E-state index is -4.84. The predicted octanol–water partition coefficient (Wildman–Crippen LogP) is -3.39. The van der Waals surface area contributed by atoms with E-state index < -0.39 is 127 Å². The summed E-state index contributed by atoms with van der Waals surface area (Å²) in [4.78, 5) is 101. The molecule has 2 aromatic heterocycles. The number of aliphatic hydroxyl groups excluding tert-OH is 3. The molecule has 2 aromatic rings. The number of rotatable bonds is 12. The van der Waals surface area contributed by atoms with Gasteiger partial charge in [0.2, 0.25) is 0 Å². The van der Waals surface area contributed by atoms with Gasteiger partial charge in [0.05, 0.1) is 13.2 Å². The number of aromatic amines is 1. The number of halogens is 1. The summed E-state index contributed by atoms with van der Waals surface area (Å²) in [5.41, 5.74) is -3.15. The van der Waals surface area contributed by atoms with E-state index in [1.165, 1.54) is 7.05 Å². The van der Waals surface area contributed by atoms with Crippen LogP contribution in [0.5, 0.6) is 0 Å². The second-order valence-corrected chi connectivity index (χ2v) is 18.9. The molecule has 52 heavy (non-hydrogen) atoms. The Morgan fingerprint density at radius 3 is 1.69 bits per heavy atom. The molecule has 2 fully saturated rings. The topological polar surface area (TPSA) is 386 Å². The molecule has 0 radical (unpaired) electrons. The first kappa shape index (κ1) is 45.8. The van der Waals surface area contributed by atoms with Gasteiger partial charge in [0.1, 0.15) is 30.5 Å². The lowest BCUT2D eigenvalue weighted by atomic mass is 10.1. The van der Waals surface area contributed by atoms with Gasteiger partial charge in [0.25, 0.3) is 11.1 Å². The van der Waals surface area contributed by atoms with Gasteiger partial charge in [-0.15, -0.1) is 0 Å². The number of aliphatic hydroxyl groups is 3. The van der Waals surface area contributed by atoms with E-state index in [-0.39, 0.29) is 7.43 Å². The van der Waals surface area contributed by atoms with Crippen molar-refractivity contribution in [2.24, 2.45) is 7.05 Å². The Kier molecular flexibility index (Phi) is 15.4. The lowest BCUT2D eigenvalue weighted by Crippen LogP contribution is -2.41. The highest BCUT2D eigenvalue weighted by atomic mass is 31.2. The molecule has 0 amide bonds. The van der Waals surface area contributed by atoms with Gasteiger partial charge in [0.15, 0.2) is 30.4 Å². The number of aromatic nitrogens is 4. The van der Waals surface area contributed by atoms with E-state index in [9.17, 15) is 66.9 Å². The SMILES string of the molecule is C.Cn1c(=O)ccn([C@@H]2O[C@H](COP(=O)(O)CP(=O)(O)O)C(O)[C@@H]2O)c1=O.O=c1ccn([C@@H]2O[C@H](COP(=O)(O)CP(=O)(O)O)C(O)[C@@H]2F)c(=O)[nH]1. The predicted molar refractivity (Wildman–Crippen MR) is 170 cm³/mol. The Morgan fingerprint density at radius 1 is 0.750 bits per heavy atom. The second kappa shape index (κ2) is 17.4. The molecule has 0 saturated carbocycles. The molecular formula is C22H37FN4O21P4. The molecule has 4 heterocycles. The maximum Gasteiger partial charge on any atom is 0.340 e. The van der Waals surface area contributed by atoms with Crippen molar-refractivity contribution in [3.63, 3.8) is 0 Å². The molecule has 2 saturated heterocycles. The van der Waals surface area contributed by atoms with Gasteiger partial charge in [-0.1, -0.05) is 7.43 Å². The summed E-state index contributed by atoms with van der Waals surface area (Å²) in [6.07, 6.45) is -11.1. The lowest BCUT2D eigenvalue weighted by molar-refractivity contribution is -0.0529. The van der Waals surface area contributed by atoms with E-state index in [0.717, 1.165) is 33.7 Å². The quantitative estimate of drug-likeness (QED) is 0.0932. The van der Waals surface area contributed by atoms with Crippen molar-refractivity contribution < 1.29 is 85.9 Å². The number of hydrogen-bond acceptors (Lipinski definition) is 15. The van der Waals surface area contributed by atoms with Crippen LogP contribution in [0.15, 0.2) is 43.7 Å². The van der Waals surface area contributed by atoms with Crippen LogP contribution in [0.3, 0.4) is 0 Å². The molecule has 0 aliphatic carbocycles.